The monoisotopic (exact) mass is 159 g/mol. The fraction of sp³-hybridized carbons (Fsp3) is 0.600. The van der Waals surface area contributed by atoms with E-state index in [1.54, 1.807) is 0 Å². The van der Waals surface area contributed by atoms with E-state index in [1.165, 1.54) is 5.01 Å². The Hall–Kier alpha value is -1.30. The Morgan fingerprint density at radius 2 is 2.09 bits per heavy atom. The van der Waals surface area contributed by atoms with Crippen LogP contribution in [0.4, 0.5) is 4.79 Å². The first kappa shape index (κ1) is 7.80. The molecule has 4 N–H and O–H groups in total. The Labute approximate surface area is 62.9 Å². The standard InChI is InChI=1S/C5H9N3O3/c6-5(11)7-8-1-3(2-8)4(9)10/h3H,1-2H2,(H,9,10)(H3,6,7,11). The van der Waals surface area contributed by atoms with Crippen molar-refractivity contribution in [3.8, 4) is 0 Å². The molecule has 2 amide bonds. The summed E-state index contributed by atoms with van der Waals surface area (Å²) in [6.45, 7) is 0.663. The highest BCUT2D eigenvalue weighted by Gasteiger charge is 2.32. The van der Waals surface area contributed by atoms with Gasteiger partial charge in [0.15, 0.2) is 0 Å². The van der Waals surface area contributed by atoms with Crippen molar-refractivity contribution in [1.82, 2.24) is 10.4 Å². The number of hydrogen-bond acceptors (Lipinski definition) is 3. The van der Waals surface area contributed by atoms with Gasteiger partial charge in [-0.25, -0.2) is 9.80 Å². The number of hydrogen-bond donors (Lipinski definition) is 3. The predicted molar refractivity (Wildman–Crippen MR) is 35.4 cm³/mol. The van der Waals surface area contributed by atoms with Gasteiger partial charge in [-0.3, -0.25) is 10.2 Å². The molecule has 0 aromatic heterocycles. The first-order valence-electron chi connectivity index (χ1n) is 3.13. The number of carboxylic acid groups (broad SMARTS) is 1. The second-order valence-electron chi connectivity index (χ2n) is 2.42. The zero-order chi connectivity index (χ0) is 8.43. The van der Waals surface area contributed by atoms with Crippen molar-refractivity contribution in [3.05, 3.63) is 0 Å². The third-order valence-corrected chi connectivity index (χ3v) is 1.50. The fourth-order valence-corrected chi connectivity index (χ4v) is 0.882. The largest absolute Gasteiger partial charge is 0.481 e. The van der Waals surface area contributed by atoms with Gasteiger partial charge in [-0.1, -0.05) is 0 Å². The van der Waals surface area contributed by atoms with Crippen LogP contribution in [0.25, 0.3) is 0 Å². The molecule has 0 spiro atoms. The van der Waals surface area contributed by atoms with Crippen LogP contribution in [-0.4, -0.2) is 35.2 Å². The number of nitrogens with one attached hydrogen (secondary N) is 1. The molecule has 0 saturated carbocycles. The lowest BCUT2D eigenvalue weighted by Gasteiger charge is -2.35. The SMILES string of the molecule is NC(=O)NN1CC(C(=O)O)C1. The minimum Gasteiger partial charge on any atom is -0.481 e. The van der Waals surface area contributed by atoms with Crippen LogP contribution in [-0.2, 0) is 4.79 Å². The first-order valence-corrected chi connectivity index (χ1v) is 3.13. The van der Waals surface area contributed by atoms with E-state index in [0.29, 0.717) is 13.1 Å². The highest BCUT2D eigenvalue weighted by atomic mass is 16.4. The van der Waals surface area contributed by atoms with Gasteiger partial charge in [-0.15, -0.1) is 0 Å². The molecule has 0 radical (unpaired) electrons. The molecule has 1 aliphatic rings. The van der Waals surface area contributed by atoms with Crippen molar-refractivity contribution in [2.45, 2.75) is 0 Å². The first-order chi connectivity index (χ1) is 5.09. The minimum absolute atomic E-state index is 0.332. The Morgan fingerprint density at radius 3 is 2.45 bits per heavy atom. The zero-order valence-corrected chi connectivity index (χ0v) is 5.78. The van der Waals surface area contributed by atoms with E-state index in [-0.39, 0.29) is 5.92 Å². The molecule has 1 saturated heterocycles. The second kappa shape index (κ2) is 2.75. The summed E-state index contributed by atoms with van der Waals surface area (Å²) in [6.07, 6.45) is 0. The summed E-state index contributed by atoms with van der Waals surface area (Å²) in [5.41, 5.74) is 7.06. The molecule has 1 fully saturated rings. The molecular weight excluding hydrogens is 150 g/mol. The van der Waals surface area contributed by atoms with Gasteiger partial charge in [0, 0.05) is 13.1 Å². The van der Waals surface area contributed by atoms with Gasteiger partial charge >= 0.3 is 12.0 Å². The van der Waals surface area contributed by atoms with E-state index in [1.807, 2.05) is 0 Å². The molecule has 0 bridgehead atoms. The minimum atomic E-state index is -0.840. The summed E-state index contributed by atoms with van der Waals surface area (Å²) in [5, 5.41) is 9.87. The molecule has 0 unspecified atom stereocenters. The molecule has 0 aromatic rings. The number of primary amides is 1. The second-order valence-corrected chi connectivity index (χ2v) is 2.42. The molecule has 11 heavy (non-hydrogen) atoms. The van der Waals surface area contributed by atoms with E-state index >= 15 is 0 Å². The molecular formula is C5H9N3O3. The molecule has 1 aliphatic heterocycles. The Balaban J connectivity index is 2.19. The van der Waals surface area contributed by atoms with E-state index in [9.17, 15) is 9.59 Å². The number of carbonyl (C=O) groups excluding carboxylic acids is 1. The van der Waals surface area contributed by atoms with Crippen molar-refractivity contribution in [2.75, 3.05) is 13.1 Å². The van der Waals surface area contributed by atoms with Crippen LogP contribution in [0.5, 0.6) is 0 Å². The van der Waals surface area contributed by atoms with Gasteiger partial charge in [0.2, 0.25) is 0 Å². The van der Waals surface area contributed by atoms with Crippen molar-refractivity contribution in [3.63, 3.8) is 0 Å². The number of nitrogens with two attached hydrogens (primary N) is 1. The number of carbonyl (C=O) groups is 2. The molecule has 0 aliphatic carbocycles. The number of amides is 2. The molecule has 1 rings (SSSR count). The summed E-state index contributed by atoms with van der Waals surface area (Å²) in [7, 11) is 0. The quantitative estimate of drug-likeness (QED) is 0.461. The number of hydrazine groups is 1. The lowest BCUT2D eigenvalue weighted by molar-refractivity contribution is -0.148. The number of rotatable bonds is 2. The van der Waals surface area contributed by atoms with Crippen LogP contribution >= 0.6 is 0 Å². The van der Waals surface area contributed by atoms with Crippen molar-refractivity contribution in [2.24, 2.45) is 11.7 Å². The third-order valence-electron chi connectivity index (χ3n) is 1.50. The van der Waals surface area contributed by atoms with Gasteiger partial charge in [0.25, 0.3) is 0 Å². The Kier molecular flexibility index (Phi) is 1.95. The highest BCUT2D eigenvalue weighted by molar-refractivity contribution is 5.73. The van der Waals surface area contributed by atoms with Crippen LogP contribution in [0.2, 0.25) is 0 Å². The maximum atomic E-state index is 10.2. The van der Waals surface area contributed by atoms with Crippen molar-refractivity contribution < 1.29 is 14.7 Å². The van der Waals surface area contributed by atoms with E-state index < -0.39 is 12.0 Å². The van der Waals surface area contributed by atoms with E-state index in [2.05, 4.69) is 5.43 Å². The van der Waals surface area contributed by atoms with Crippen LogP contribution in [0.3, 0.4) is 0 Å². The van der Waals surface area contributed by atoms with Crippen molar-refractivity contribution in [1.29, 1.82) is 0 Å². The summed E-state index contributed by atoms with van der Waals surface area (Å²) in [5.74, 6) is -1.21. The lowest BCUT2D eigenvalue weighted by atomic mass is 10.0. The molecule has 6 nitrogen and oxygen atoms in total. The zero-order valence-electron chi connectivity index (χ0n) is 5.78. The molecule has 1 heterocycles. The fourth-order valence-electron chi connectivity index (χ4n) is 0.882. The summed E-state index contributed by atoms with van der Waals surface area (Å²) in [4.78, 5) is 20.4. The molecule has 62 valence electrons. The van der Waals surface area contributed by atoms with Gasteiger partial charge in [-0.05, 0) is 0 Å². The maximum Gasteiger partial charge on any atom is 0.326 e. The normalized spacial score (nSPS) is 18.9. The van der Waals surface area contributed by atoms with E-state index in [0.717, 1.165) is 0 Å². The topological polar surface area (TPSA) is 95.7 Å². The average Bonchev–Trinajstić information content (AvgIpc) is 1.75. The van der Waals surface area contributed by atoms with Crippen LogP contribution < -0.4 is 11.2 Å². The van der Waals surface area contributed by atoms with Gasteiger partial charge in [0.1, 0.15) is 0 Å². The highest BCUT2D eigenvalue weighted by Crippen LogP contribution is 2.11. The van der Waals surface area contributed by atoms with Crippen molar-refractivity contribution >= 4 is 12.0 Å². The Morgan fingerprint density at radius 1 is 1.55 bits per heavy atom. The lowest BCUT2D eigenvalue weighted by Crippen LogP contribution is -2.59. The third kappa shape index (κ3) is 1.81. The molecule has 0 aromatic carbocycles. The van der Waals surface area contributed by atoms with Gasteiger partial charge in [0.05, 0.1) is 5.92 Å². The maximum absolute atomic E-state index is 10.2. The van der Waals surface area contributed by atoms with Crippen LogP contribution in [0, 0.1) is 5.92 Å². The summed E-state index contributed by atoms with van der Waals surface area (Å²) >= 11 is 0. The molecule has 0 atom stereocenters. The average molecular weight is 159 g/mol. The van der Waals surface area contributed by atoms with Crippen LogP contribution in [0.1, 0.15) is 0 Å². The molecule has 6 heteroatoms. The Bertz CT molecular complexity index is 187. The van der Waals surface area contributed by atoms with Crippen LogP contribution in [0.15, 0.2) is 0 Å². The van der Waals surface area contributed by atoms with Gasteiger partial charge in [-0.2, -0.15) is 0 Å². The van der Waals surface area contributed by atoms with Gasteiger partial charge < -0.3 is 10.8 Å². The number of urea groups is 1. The summed E-state index contributed by atoms with van der Waals surface area (Å²) < 4.78 is 0. The number of nitrogens with zero attached hydrogens (tertiary/aromatic N) is 1. The smallest absolute Gasteiger partial charge is 0.326 e. The number of aliphatic carboxylic acids is 1. The number of carboxylic acids is 1. The predicted octanol–water partition coefficient (Wildman–Crippen LogP) is -1.41. The van der Waals surface area contributed by atoms with E-state index in [4.69, 9.17) is 10.8 Å². The summed E-state index contributed by atoms with van der Waals surface area (Å²) in [6, 6.07) is -0.658.